The van der Waals surface area contributed by atoms with E-state index in [9.17, 15) is 4.79 Å². The van der Waals surface area contributed by atoms with E-state index in [0.717, 1.165) is 6.54 Å². The maximum Gasteiger partial charge on any atom is 0.236 e. The Morgan fingerprint density at radius 1 is 1.38 bits per heavy atom. The monoisotopic (exact) mass is 220 g/mol. The number of aryl methyl sites for hydroxylation is 2. The van der Waals surface area contributed by atoms with E-state index in [0.29, 0.717) is 0 Å². The largest absolute Gasteiger partial charge is 0.358 e. The van der Waals surface area contributed by atoms with Crippen LogP contribution in [0.2, 0.25) is 0 Å². The zero-order valence-electron chi connectivity index (χ0n) is 10.4. The Balaban J connectivity index is 2.60. The summed E-state index contributed by atoms with van der Waals surface area (Å²) in [5, 5.41) is 5.83. The van der Waals surface area contributed by atoms with Gasteiger partial charge in [-0.25, -0.2) is 0 Å². The molecule has 0 aromatic heterocycles. The molecule has 1 aromatic rings. The molecular formula is C13H20N2O. The second-order valence-corrected chi connectivity index (χ2v) is 4.15. The van der Waals surface area contributed by atoms with Crippen molar-refractivity contribution < 1.29 is 4.79 Å². The van der Waals surface area contributed by atoms with Gasteiger partial charge in [0.2, 0.25) is 5.91 Å². The van der Waals surface area contributed by atoms with Crippen LogP contribution in [0.3, 0.4) is 0 Å². The van der Waals surface area contributed by atoms with Crippen molar-refractivity contribution >= 4 is 5.91 Å². The van der Waals surface area contributed by atoms with Crippen molar-refractivity contribution in [3.05, 3.63) is 34.9 Å². The highest BCUT2D eigenvalue weighted by Crippen LogP contribution is 2.10. The predicted octanol–water partition coefficient (Wildman–Crippen LogP) is 1.53. The number of carbonyl (C=O) groups excluding carboxylic acids is 1. The van der Waals surface area contributed by atoms with Gasteiger partial charge in [0.15, 0.2) is 0 Å². The van der Waals surface area contributed by atoms with Crippen molar-refractivity contribution in [3.63, 3.8) is 0 Å². The van der Waals surface area contributed by atoms with E-state index in [-0.39, 0.29) is 11.9 Å². The Kier molecular flexibility index (Phi) is 4.50. The van der Waals surface area contributed by atoms with Crippen LogP contribution in [-0.2, 0) is 11.3 Å². The van der Waals surface area contributed by atoms with Crippen molar-refractivity contribution in [2.24, 2.45) is 0 Å². The molecule has 3 nitrogen and oxygen atoms in total. The van der Waals surface area contributed by atoms with Crippen LogP contribution < -0.4 is 10.6 Å². The molecule has 0 radical (unpaired) electrons. The molecule has 0 aliphatic heterocycles. The molecule has 0 heterocycles. The number of carbonyl (C=O) groups is 1. The van der Waals surface area contributed by atoms with E-state index >= 15 is 0 Å². The van der Waals surface area contributed by atoms with Gasteiger partial charge in [0.05, 0.1) is 6.04 Å². The summed E-state index contributed by atoms with van der Waals surface area (Å²) in [4.78, 5) is 11.3. The summed E-state index contributed by atoms with van der Waals surface area (Å²) < 4.78 is 0. The molecule has 0 fully saturated rings. The van der Waals surface area contributed by atoms with Crippen LogP contribution in [0, 0.1) is 13.8 Å². The summed E-state index contributed by atoms with van der Waals surface area (Å²) in [6, 6.07) is 6.20. The van der Waals surface area contributed by atoms with Crippen LogP contribution in [0.25, 0.3) is 0 Å². The molecule has 1 aromatic carbocycles. The highest BCUT2D eigenvalue weighted by Gasteiger charge is 2.10. The van der Waals surface area contributed by atoms with Gasteiger partial charge < -0.3 is 10.6 Å². The summed E-state index contributed by atoms with van der Waals surface area (Å²) in [5.74, 6) is 0.0188. The number of rotatable bonds is 4. The van der Waals surface area contributed by atoms with Crippen LogP contribution in [0.5, 0.6) is 0 Å². The minimum Gasteiger partial charge on any atom is -0.358 e. The third-order valence-electron chi connectivity index (χ3n) is 2.74. The molecule has 0 saturated carbocycles. The van der Waals surface area contributed by atoms with Crippen molar-refractivity contribution in [1.82, 2.24) is 10.6 Å². The summed E-state index contributed by atoms with van der Waals surface area (Å²) in [7, 11) is 1.65. The summed E-state index contributed by atoms with van der Waals surface area (Å²) in [6.07, 6.45) is 0. The maximum atomic E-state index is 11.3. The SMILES string of the molecule is CNC(=O)C(C)NCc1cc(C)ccc1C. The lowest BCUT2D eigenvalue weighted by molar-refractivity contribution is -0.122. The zero-order valence-corrected chi connectivity index (χ0v) is 10.4. The van der Waals surface area contributed by atoms with Gasteiger partial charge in [0.25, 0.3) is 0 Å². The van der Waals surface area contributed by atoms with Crippen LogP contribution in [-0.4, -0.2) is 19.0 Å². The molecule has 0 aliphatic rings. The number of benzene rings is 1. The number of hydrogen-bond acceptors (Lipinski definition) is 2. The number of nitrogens with one attached hydrogen (secondary N) is 2. The van der Waals surface area contributed by atoms with E-state index in [1.54, 1.807) is 7.05 Å². The van der Waals surface area contributed by atoms with Gasteiger partial charge in [-0.3, -0.25) is 4.79 Å². The van der Waals surface area contributed by atoms with Gasteiger partial charge >= 0.3 is 0 Å². The highest BCUT2D eigenvalue weighted by molar-refractivity contribution is 5.80. The standard InChI is InChI=1S/C13H20N2O/c1-9-5-6-10(2)12(7-9)8-15-11(3)13(16)14-4/h5-7,11,15H,8H2,1-4H3,(H,14,16). The third kappa shape index (κ3) is 3.35. The average Bonchev–Trinajstić information content (AvgIpc) is 2.28. The Morgan fingerprint density at radius 2 is 2.06 bits per heavy atom. The summed E-state index contributed by atoms with van der Waals surface area (Å²) in [6.45, 7) is 6.75. The quantitative estimate of drug-likeness (QED) is 0.808. The molecule has 3 heteroatoms. The van der Waals surface area contributed by atoms with Crippen molar-refractivity contribution in [1.29, 1.82) is 0 Å². The van der Waals surface area contributed by atoms with Gasteiger partial charge in [-0.05, 0) is 31.9 Å². The molecule has 88 valence electrons. The zero-order chi connectivity index (χ0) is 12.1. The third-order valence-corrected chi connectivity index (χ3v) is 2.74. The summed E-state index contributed by atoms with van der Waals surface area (Å²) in [5.41, 5.74) is 3.74. The fourth-order valence-corrected chi connectivity index (χ4v) is 1.56. The van der Waals surface area contributed by atoms with Crippen LogP contribution in [0.4, 0.5) is 0 Å². The first kappa shape index (κ1) is 12.7. The van der Waals surface area contributed by atoms with Crippen LogP contribution >= 0.6 is 0 Å². The fraction of sp³-hybridized carbons (Fsp3) is 0.462. The Bertz CT molecular complexity index is 374. The van der Waals surface area contributed by atoms with Gasteiger partial charge in [-0.15, -0.1) is 0 Å². The normalized spacial score (nSPS) is 12.2. The number of amides is 1. The van der Waals surface area contributed by atoms with Crippen molar-refractivity contribution in [3.8, 4) is 0 Å². The lowest BCUT2D eigenvalue weighted by Gasteiger charge is -2.13. The molecule has 16 heavy (non-hydrogen) atoms. The minimum atomic E-state index is -0.162. The van der Waals surface area contributed by atoms with Gasteiger partial charge in [-0.1, -0.05) is 23.8 Å². The number of likely N-dealkylation sites (N-methyl/N-ethyl adjacent to an activating group) is 1. The first-order valence-corrected chi connectivity index (χ1v) is 5.55. The average molecular weight is 220 g/mol. The topological polar surface area (TPSA) is 41.1 Å². The molecule has 0 spiro atoms. The molecule has 0 aliphatic carbocycles. The lowest BCUT2D eigenvalue weighted by Crippen LogP contribution is -2.40. The maximum absolute atomic E-state index is 11.3. The molecule has 2 N–H and O–H groups in total. The molecule has 1 rings (SSSR count). The molecular weight excluding hydrogens is 200 g/mol. The molecule has 0 saturated heterocycles. The van der Waals surface area contributed by atoms with E-state index in [1.165, 1.54) is 16.7 Å². The molecule has 1 atom stereocenters. The van der Waals surface area contributed by atoms with Crippen LogP contribution in [0.1, 0.15) is 23.6 Å². The Labute approximate surface area is 97.2 Å². The van der Waals surface area contributed by atoms with Gasteiger partial charge in [0.1, 0.15) is 0 Å². The predicted molar refractivity (Wildman–Crippen MR) is 66.3 cm³/mol. The second-order valence-electron chi connectivity index (χ2n) is 4.15. The summed E-state index contributed by atoms with van der Waals surface area (Å²) >= 11 is 0. The van der Waals surface area contributed by atoms with E-state index in [2.05, 4.69) is 42.7 Å². The van der Waals surface area contributed by atoms with E-state index < -0.39 is 0 Å². The van der Waals surface area contributed by atoms with E-state index in [4.69, 9.17) is 0 Å². The smallest absolute Gasteiger partial charge is 0.236 e. The first-order chi connectivity index (χ1) is 7.54. The Morgan fingerprint density at radius 3 is 2.69 bits per heavy atom. The highest BCUT2D eigenvalue weighted by atomic mass is 16.2. The molecule has 1 amide bonds. The minimum absolute atomic E-state index is 0.0188. The van der Waals surface area contributed by atoms with Crippen molar-refractivity contribution in [2.45, 2.75) is 33.4 Å². The molecule has 0 bridgehead atoms. The van der Waals surface area contributed by atoms with Gasteiger partial charge in [-0.2, -0.15) is 0 Å². The van der Waals surface area contributed by atoms with E-state index in [1.807, 2.05) is 6.92 Å². The van der Waals surface area contributed by atoms with Crippen molar-refractivity contribution in [2.75, 3.05) is 7.05 Å². The lowest BCUT2D eigenvalue weighted by atomic mass is 10.1. The first-order valence-electron chi connectivity index (χ1n) is 5.55. The van der Waals surface area contributed by atoms with Crippen LogP contribution in [0.15, 0.2) is 18.2 Å². The molecule has 1 unspecified atom stereocenters. The second kappa shape index (κ2) is 5.66. The van der Waals surface area contributed by atoms with Gasteiger partial charge in [0, 0.05) is 13.6 Å². The fourth-order valence-electron chi connectivity index (χ4n) is 1.56. The number of hydrogen-bond donors (Lipinski definition) is 2. The Hall–Kier alpha value is -1.35.